The molecule has 9 heteroatoms. The molecule has 2 aromatic rings. The summed E-state index contributed by atoms with van der Waals surface area (Å²) in [5.41, 5.74) is 4.52. The molecular weight excluding hydrogens is 335 g/mol. The van der Waals surface area contributed by atoms with Crippen molar-refractivity contribution in [3.8, 4) is 11.8 Å². The molecular formula is C14H9ClF3N3O2. The van der Waals surface area contributed by atoms with Gasteiger partial charge in [0.15, 0.2) is 5.69 Å². The van der Waals surface area contributed by atoms with Gasteiger partial charge in [0.1, 0.15) is 6.07 Å². The molecule has 0 spiro atoms. The first-order valence-electron chi connectivity index (χ1n) is 6.07. The van der Waals surface area contributed by atoms with Gasteiger partial charge in [-0.25, -0.2) is 4.79 Å². The van der Waals surface area contributed by atoms with Crippen LogP contribution in [0, 0.1) is 11.3 Å². The molecule has 1 aromatic heterocycles. The number of nitrogens with two attached hydrogens (primary N) is 1. The molecule has 0 aliphatic carbocycles. The third-order valence-corrected chi connectivity index (χ3v) is 3.39. The highest BCUT2D eigenvalue weighted by atomic mass is 35.5. The maximum atomic E-state index is 12.7. The summed E-state index contributed by atoms with van der Waals surface area (Å²) < 4.78 is 44.0. The molecule has 2 rings (SSSR count). The number of aromatic nitrogens is 1. The van der Waals surface area contributed by atoms with E-state index in [0.717, 1.165) is 29.9 Å². The van der Waals surface area contributed by atoms with E-state index < -0.39 is 22.7 Å². The van der Waals surface area contributed by atoms with Crippen LogP contribution in [0.2, 0.25) is 5.02 Å². The van der Waals surface area contributed by atoms with Crippen molar-refractivity contribution in [2.45, 2.75) is 6.18 Å². The van der Waals surface area contributed by atoms with Crippen molar-refractivity contribution in [1.29, 1.82) is 5.26 Å². The second kappa shape index (κ2) is 5.85. The zero-order valence-corrected chi connectivity index (χ0v) is 12.4. The van der Waals surface area contributed by atoms with Crippen LogP contribution in [0.4, 0.5) is 18.9 Å². The number of esters is 1. The highest BCUT2D eigenvalue weighted by molar-refractivity contribution is 6.31. The van der Waals surface area contributed by atoms with Crippen molar-refractivity contribution >= 4 is 23.3 Å². The molecule has 0 aliphatic rings. The number of benzene rings is 1. The average molecular weight is 344 g/mol. The second-order valence-electron chi connectivity index (χ2n) is 4.44. The van der Waals surface area contributed by atoms with Gasteiger partial charge in [-0.3, -0.25) is 0 Å². The third kappa shape index (κ3) is 2.96. The Balaban J connectivity index is 2.66. The number of carbonyl (C=O) groups excluding carboxylic acids is 1. The molecule has 1 heterocycles. The molecule has 120 valence electrons. The number of anilines is 1. The van der Waals surface area contributed by atoms with Crippen molar-refractivity contribution in [2.75, 3.05) is 12.8 Å². The molecule has 1 aromatic carbocycles. The van der Waals surface area contributed by atoms with Crippen molar-refractivity contribution in [3.63, 3.8) is 0 Å². The lowest BCUT2D eigenvalue weighted by Crippen LogP contribution is -2.12. The van der Waals surface area contributed by atoms with Crippen molar-refractivity contribution in [1.82, 2.24) is 4.57 Å². The van der Waals surface area contributed by atoms with E-state index in [1.807, 2.05) is 0 Å². The number of hydrogen-bond acceptors (Lipinski definition) is 4. The number of nitriles is 1. The van der Waals surface area contributed by atoms with Gasteiger partial charge in [-0.2, -0.15) is 18.4 Å². The first-order valence-corrected chi connectivity index (χ1v) is 6.44. The Morgan fingerprint density at radius 2 is 2.09 bits per heavy atom. The van der Waals surface area contributed by atoms with E-state index in [0.29, 0.717) is 0 Å². The number of rotatable bonds is 2. The van der Waals surface area contributed by atoms with Gasteiger partial charge in [0, 0.05) is 11.9 Å². The zero-order valence-electron chi connectivity index (χ0n) is 11.6. The van der Waals surface area contributed by atoms with Gasteiger partial charge in [0.05, 0.1) is 28.9 Å². The van der Waals surface area contributed by atoms with Crippen LogP contribution in [-0.4, -0.2) is 17.6 Å². The standard InChI is InChI=1S/C14H9ClF3N3O2/c1-23-13(22)12-11(20)7(5-19)6-21(12)8-2-3-9(10(15)4-8)14(16,17)18/h2-4,6H,20H2,1H3. The van der Waals surface area contributed by atoms with Crippen molar-refractivity contribution < 1.29 is 22.7 Å². The molecule has 0 fully saturated rings. The van der Waals surface area contributed by atoms with Gasteiger partial charge in [-0.15, -0.1) is 0 Å². The van der Waals surface area contributed by atoms with Crippen LogP contribution in [0.25, 0.3) is 5.69 Å². The lowest BCUT2D eigenvalue weighted by atomic mass is 10.2. The lowest BCUT2D eigenvalue weighted by molar-refractivity contribution is -0.137. The molecule has 0 saturated heterocycles. The van der Waals surface area contributed by atoms with Gasteiger partial charge in [-0.1, -0.05) is 11.6 Å². The number of methoxy groups -OCH3 is 1. The van der Waals surface area contributed by atoms with E-state index in [1.54, 1.807) is 6.07 Å². The van der Waals surface area contributed by atoms with Crippen LogP contribution in [0.5, 0.6) is 0 Å². The fourth-order valence-corrected chi connectivity index (χ4v) is 2.28. The quantitative estimate of drug-likeness (QED) is 0.847. The number of halogens is 4. The Hall–Kier alpha value is -2.66. The summed E-state index contributed by atoms with van der Waals surface area (Å²) in [6.45, 7) is 0. The van der Waals surface area contributed by atoms with E-state index in [2.05, 4.69) is 4.74 Å². The van der Waals surface area contributed by atoms with Crippen LogP contribution >= 0.6 is 11.6 Å². The summed E-state index contributed by atoms with van der Waals surface area (Å²) in [6, 6.07) is 4.71. The number of carbonyl (C=O) groups is 1. The smallest absolute Gasteiger partial charge is 0.417 e. The maximum Gasteiger partial charge on any atom is 0.417 e. The van der Waals surface area contributed by atoms with Crippen LogP contribution in [0.3, 0.4) is 0 Å². The summed E-state index contributed by atoms with van der Waals surface area (Å²) in [5, 5.41) is 8.45. The summed E-state index contributed by atoms with van der Waals surface area (Å²) in [6.07, 6.45) is -3.38. The normalized spacial score (nSPS) is 11.1. The van der Waals surface area contributed by atoms with Crippen molar-refractivity contribution in [2.24, 2.45) is 0 Å². The van der Waals surface area contributed by atoms with Gasteiger partial charge in [0.25, 0.3) is 0 Å². The highest BCUT2D eigenvalue weighted by Gasteiger charge is 2.33. The molecule has 0 atom stereocenters. The van der Waals surface area contributed by atoms with Crippen LogP contribution in [0.1, 0.15) is 21.6 Å². The first kappa shape index (κ1) is 16.7. The monoisotopic (exact) mass is 343 g/mol. The van der Waals surface area contributed by atoms with E-state index in [9.17, 15) is 18.0 Å². The summed E-state index contributed by atoms with van der Waals surface area (Å²) in [5.74, 6) is -0.833. The minimum absolute atomic E-state index is 0.0126. The fraction of sp³-hybridized carbons (Fsp3) is 0.143. The summed E-state index contributed by atoms with van der Waals surface area (Å²) in [4.78, 5) is 11.8. The van der Waals surface area contributed by atoms with E-state index >= 15 is 0 Å². The average Bonchev–Trinajstić information content (AvgIpc) is 2.81. The molecule has 0 radical (unpaired) electrons. The Morgan fingerprint density at radius 3 is 2.57 bits per heavy atom. The zero-order chi connectivity index (χ0) is 17.4. The molecule has 5 nitrogen and oxygen atoms in total. The SMILES string of the molecule is COC(=O)c1c(N)c(C#N)cn1-c1ccc(C(F)(F)F)c(Cl)c1. The Bertz CT molecular complexity index is 822. The number of ether oxygens (including phenoxy) is 1. The third-order valence-electron chi connectivity index (χ3n) is 3.08. The predicted molar refractivity (Wildman–Crippen MR) is 76.2 cm³/mol. The lowest BCUT2D eigenvalue weighted by Gasteiger charge is -2.12. The highest BCUT2D eigenvalue weighted by Crippen LogP contribution is 2.36. The Morgan fingerprint density at radius 1 is 1.43 bits per heavy atom. The molecule has 0 amide bonds. The van der Waals surface area contributed by atoms with Crippen LogP contribution < -0.4 is 5.73 Å². The number of hydrogen-bond donors (Lipinski definition) is 1. The van der Waals surface area contributed by atoms with Crippen LogP contribution in [0.15, 0.2) is 24.4 Å². The second-order valence-corrected chi connectivity index (χ2v) is 4.85. The number of nitrogen functional groups attached to an aromatic ring is 1. The molecule has 0 saturated carbocycles. The van der Waals surface area contributed by atoms with E-state index in [4.69, 9.17) is 22.6 Å². The largest absolute Gasteiger partial charge is 0.464 e. The maximum absolute atomic E-state index is 12.7. The fourth-order valence-electron chi connectivity index (χ4n) is 2.00. The van der Waals surface area contributed by atoms with Gasteiger partial charge < -0.3 is 15.0 Å². The molecule has 0 bridgehead atoms. The first-order chi connectivity index (χ1) is 10.7. The molecule has 2 N–H and O–H groups in total. The van der Waals surface area contributed by atoms with Gasteiger partial charge >= 0.3 is 12.1 Å². The topological polar surface area (TPSA) is 81.0 Å². The summed E-state index contributed by atoms with van der Waals surface area (Å²) >= 11 is 5.66. The molecule has 0 aliphatic heterocycles. The molecule has 0 unspecified atom stereocenters. The van der Waals surface area contributed by atoms with Crippen molar-refractivity contribution in [3.05, 3.63) is 46.2 Å². The van der Waals surface area contributed by atoms with Gasteiger partial charge in [0.2, 0.25) is 0 Å². The molecule has 23 heavy (non-hydrogen) atoms. The van der Waals surface area contributed by atoms with E-state index in [-0.39, 0.29) is 22.6 Å². The minimum atomic E-state index is -4.60. The predicted octanol–water partition coefficient (Wildman–Crippen LogP) is 3.39. The minimum Gasteiger partial charge on any atom is -0.464 e. The number of nitrogens with zero attached hydrogens (tertiary/aromatic N) is 2. The number of alkyl halides is 3. The van der Waals surface area contributed by atoms with Crippen LogP contribution in [-0.2, 0) is 10.9 Å². The summed E-state index contributed by atoms with van der Waals surface area (Å²) in [7, 11) is 1.12. The van der Waals surface area contributed by atoms with E-state index in [1.165, 1.54) is 6.20 Å². The Kier molecular flexibility index (Phi) is 4.25. The van der Waals surface area contributed by atoms with Gasteiger partial charge in [-0.05, 0) is 18.2 Å². The Labute approximate surface area is 133 Å².